The summed E-state index contributed by atoms with van der Waals surface area (Å²) >= 11 is 1.61. The quantitative estimate of drug-likeness (QED) is 0.543. The lowest BCUT2D eigenvalue weighted by Crippen LogP contribution is -2.35. The second-order valence-electron chi connectivity index (χ2n) is 5.94. The minimum absolute atomic E-state index is 0.0575. The molecule has 6 nitrogen and oxygen atoms in total. The van der Waals surface area contributed by atoms with Crippen LogP contribution in [0.5, 0.6) is 0 Å². The van der Waals surface area contributed by atoms with E-state index in [0.29, 0.717) is 24.2 Å². The van der Waals surface area contributed by atoms with Crippen LogP contribution in [0.2, 0.25) is 0 Å². The van der Waals surface area contributed by atoms with Gasteiger partial charge in [-0.2, -0.15) is 0 Å². The summed E-state index contributed by atoms with van der Waals surface area (Å²) in [5, 5.41) is 2.78. The number of para-hydroxylation sites is 1. The molecule has 0 bridgehead atoms. The maximum atomic E-state index is 12.7. The molecule has 7 heteroatoms. The molecule has 0 fully saturated rings. The van der Waals surface area contributed by atoms with Crippen molar-refractivity contribution in [3.8, 4) is 0 Å². The number of carbonyl (C=O) groups is 1. The third kappa shape index (κ3) is 2.90. The third-order valence-electron chi connectivity index (χ3n) is 4.32. The number of hydrogen-bond acceptors (Lipinski definition) is 5. The molecule has 0 spiro atoms. The Balaban J connectivity index is 1.64. The summed E-state index contributed by atoms with van der Waals surface area (Å²) in [5.74, 6) is -0.125. The molecule has 0 N–H and O–H groups in total. The summed E-state index contributed by atoms with van der Waals surface area (Å²) in [6.07, 6.45) is 1.42. The molecule has 0 saturated heterocycles. The molecule has 0 aliphatic carbocycles. The molecule has 1 aromatic carbocycles. The first-order valence-electron chi connectivity index (χ1n) is 8.34. The summed E-state index contributed by atoms with van der Waals surface area (Å²) in [7, 11) is 0. The van der Waals surface area contributed by atoms with Gasteiger partial charge in [0.1, 0.15) is 17.6 Å². The molecule has 4 aromatic rings. The van der Waals surface area contributed by atoms with Crippen LogP contribution < -0.4 is 5.56 Å². The molecule has 1 amide bonds. The fourth-order valence-corrected chi connectivity index (χ4v) is 3.66. The molecular formula is C19H17N3O3S. The van der Waals surface area contributed by atoms with Crippen LogP contribution in [0.25, 0.3) is 22.1 Å². The van der Waals surface area contributed by atoms with Crippen molar-refractivity contribution < 1.29 is 9.21 Å². The highest BCUT2D eigenvalue weighted by Crippen LogP contribution is 2.24. The topological polar surface area (TPSA) is 68.3 Å². The molecule has 0 saturated carbocycles. The van der Waals surface area contributed by atoms with Crippen molar-refractivity contribution >= 4 is 39.3 Å². The van der Waals surface area contributed by atoms with Crippen LogP contribution >= 0.6 is 11.3 Å². The van der Waals surface area contributed by atoms with Gasteiger partial charge >= 0.3 is 0 Å². The van der Waals surface area contributed by atoms with Crippen LogP contribution in [-0.4, -0.2) is 26.9 Å². The molecule has 0 aliphatic heterocycles. The summed E-state index contributed by atoms with van der Waals surface area (Å²) < 4.78 is 6.97. The van der Waals surface area contributed by atoms with Gasteiger partial charge in [0.05, 0.1) is 12.9 Å². The SMILES string of the molecule is CCN(Cc1cccs1)C(=O)Cn1cnc2c(oc3ccccc32)c1=O. The van der Waals surface area contributed by atoms with Crippen LogP contribution in [0.3, 0.4) is 0 Å². The Hall–Kier alpha value is -2.93. The van der Waals surface area contributed by atoms with Gasteiger partial charge in [0.15, 0.2) is 0 Å². The number of carbonyl (C=O) groups excluding carboxylic acids is 1. The summed E-state index contributed by atoms with van der Waals surface area (Å²) in [4.78, 5) is 32.5. The zero-order chi connectivity index (χ0) is 18.1. The van der Waals surface area contributed by atoms with Gasteiger partial charge < -0.3 is 9.32 Å². The molecule has 0 radical (unpaired) electrons. The van der Waals surface area contributed by atoms with E-state index in [1.807, 2.05) is 42.6 Å². The van der Waals surface area contributed by atoms with Crippen molar-refractivity contribution in [2.24, 2.45) is 0 Å². The molecule has 26 heavy (non-hydrogen) atoms. The average molecular weight is 367 g/mol. The van der Waals surface area contributed by atoms with Crippen molar-refractivity contribution in [1.82, 2.24) is 14.5 Å². The van der Waals surface area contributed by atoms with Crippen LogP contribution in [0.1, 0.15) is 11.8 Å². The van der Waals surface area contributed by atoms with Crippen LogP contribution in [-0.2, 0) is 17.9 Å². The highest BCUT2D eigenvalue weighted by Gasteiger charge is 2.17. The van der Waals surface area contributed by atoms with Crippen molar-refractivity contribution in [3.05, 3.63) is 63.3 Å². The van der Waals surface area contributed by atoms with E-state index in [4.69, 9.17) is 4.42 Å². The number of likely N-dealkylation sites (N-methyl/N-ethyl adjacent to an activating group) is 1. The van der Waals surface area contributed by atoms with Crippen molar-refractivity contribution in [3.63, 3.8) is 0 Å². The Kier molecular flexibility index (Phi) is 4.30. The first-order chi connectivity index (χ1) is 12.7. The zero-order valence-electron chi connectivity index (χ0n) is 14.2. The number of benzene rings is 1. The number of hydrogen-bond donors (Lipinski definition) is 0. The van der Waals surface area contributed by atoms with E-state index in [2.05, 4.69) is 4.98 Å². The van der Waals surface area contributed by atoms with Crippen molar-refractivity contribution in [2.45, 2.75) is 20.0 Å². The number of rotatable bonds is 5. The number of fused-ring (bicyclic) bond motifs is 3. The van der Waals surface area contributed by atoms with Gasteiger partial charge in [-0.25, -0.2) is 4.98 Å². The van der Waals surface area contributed by atoms with Gasteiger partial charge in [-0.3, -0.25) is 14.2 Å². The molecule has 3 aromatic heterocycles. The van der Waals surface area contributed by atoms with E-state index >= 15 is 0 Å². The van der Waals surface area contributed by atoms with Gasteiger partial charge in [0, 0.05) is 16.8 Å². The number of aromatic nitrogens is 2. The molecule has 0 aliphatic rings. The summed E-state index contributed by atoms with van der Waals surface area (Å²) in [6, 6.07) is 11.3. The first-order valence-corrected chi connectivity index (χ1v) is 9.22. The molecular weight excluding hydrogens is 350 g/mol. The largest absolute Gasteiger partial charge is 0.448 e. The van der Waals surface area contributed by atoms with Crippen LogP contribution in [0, 0.1) is 0 Å². The number of furan rings is 1. The highest BCUT2D eigenvalue weighted by molar-refractivity contribution is 7.09. The predicted molar refractivity (Wildman–Crippen MR) is 101 cm³/mol. The van der Waals surface area contributed by atoms with Crippen molar-refractivity contribution in [1.29, 1.82) is 0 Å². The lowest BCUT2D eigenvalue weighted by atomic mass is 10.2. The van der Waals surface area contributed by atoms with Crippen molar-refractivity contribution in [2.75, 3.05) is 6.54 Å². The normalized spacial score (nSPS) is 11.3. The van der Waals surface area contributed by atoms with Gasteiger partial charge in [0.2, 0.25) is 11.5 Å². The average Bonchev–Trinajstić information content (AvgIpc) is 3.29. The smallest absolute Gasteiger partial charge is 0.297 e. The lowest BCUT2D eigenvalue weighted by Gasteiger charge is -2.20. The van der Waals surface area contributed by atoms with E-state index in [0.717, 1.165) is 10.3 Å². The fraction of sp³-hybridized carbons (Fsp3) is 0.211. The van der Waals surface area contributed by atoms with Crippen LogP contribution in [0.15, 0.2) is 57.3 Å². The number of thiophene rings is 1. The molecule has 132 valence electrons. The van der Waals surface area contributed by atoms with Gasteiger partial charge in [-0.05, 0) is 30.5 Å². The number of nitrogens with zero attached hydrogens (tertiary/aromatic N) is 3. The third-order valence-corrected chi connectivity index (χ3v) is 5.18. The molecule has 3 heterocycles. The molecule has 4 rings (SSSR count). The minimum Gasteiger partial charge on any atom is -0.448 e. The Morgan fingerprint density at radius 3 is 2.88 bits per heavy atom. The Labute approximate surface area is 153 Å². The minimum atomic E-state index is -0.341. The fourth-order valence-electron chi connectivity index (χ4n) is 2.94. The van der Waals surface area contributed by atoms with E-state index in [1.54, 1.807) is 22.3 Å². The summed E-state index contributed by atoms with van der Waals surface area (Å²) in [5.41, 5.74) is 0.985. The maximum Gasteiger partial charge on any atom is 0.297 e. The highest BCUT2D eigenvalue weighted by atomic mass is 32.1. The first kappa shape index (κ1) is 16.5. The molecule has 0 unspecified atom stereocenters. The Morgan fingerprint density at radius 1 is 1.27 bits per heavy atom. The zero-order valence-corrected chi connectivity index (χ0v) is 15.0. The second-order valence-corrected chi connectivity index (χ2v) is 6.97. The second kappa shape index (κ2) is 6.76. The maximum absolute atomic E-state index is 12.7. The van der Waals surface area contributed by atoms with E-state index in [-0.39, 0.29) is 23.6 Å². The van der Waals surface area contributed by atoms with Gasteiger partial charge in [-0.15, -0.1) is 11.3 Å². The lowest BCUT2D eigenvalue weighted by molar-refractivity contribution is -0.132. The van der Waals surface area contributed by atoms with Crippen LogP contribution in [0.4, 0.5) is 0 Å². The van der Waals surface area contributed by atoms with E-state index in [9.17, 15) is 9.59 Å². The van der Waals surface area contributed by atoms with Gasteiger partial charge in [0.25, 0.3) is 5.56 Å². The molecule has 0 atom stereocenters. The van der Waals surface area contributed by atoms with E-state index in [1.165, 1.54) is 10.9 Å². The number of amides is 1. The Morgan fingerprint density at radius 2 is 2.12 bits per heavy atom. The monoisotopic (exact) mass is 367 g/mol. The Bertz CT molecular complexity index is 1130. The summed E-state index contributed by atoms with van der Waals surface area (Å²) in [6.45, 7) is 2.99. The predicted octanol–water partition coefficient (Wildman–Crippen LogP) is 3.25. The standard InChI is InChI=1S/C19H17N3O3S/c1-2-21(10-13-6-5-9-26-13)16(23)11-22-12-20-17-14-7-3-4-8-15(14)25-18(17)19(22)24/h3-9,12H,2,10-11H2,1H3. The van der Waals surface area contributed by atoms with E-state index < -0.39 is 0 Å². The van der Waals surface area contributed by atoms with Gasteiger partial charge in [-0.1, -0.05) is 18.2 Å².